The molecule has 1 fully saturated rings. The van der Waals surface area contributed by atoms with Crippen LogP contribution in [0.5, 0.6) is 5.75 Å². The molecule has 0 aliphatic carbocycles. The van der Waals surface area contributed by atoms with Crippen LogP contribution in [0.4, 0.5) is 0 Å². The lowest BCUT2D eigenvalue weighted by atomic mass is 10.1. The zero-order valence-corrected chi connectivity index (χ0v) is 15.1. The van der Waals surface area contributed by atoms with Gasteiger partial charge in [0.15, 0.2) is 0 Å². The SMILES string of the molecule is COc1ccc2c(c1)CN1CN(CCc3ccccc3)S(=O)(=O)CC21. The molecule has 0 amide bonds. The van der Waals surface area contributed by atoms with Gasteiger partial charge in [-0.2, -0.15) is 4.31 Å². The normalized spacial score (nSPS) is 22.4. The van der Waals surface area contributed by atoms with Crippen LogP contribution in [0.1, 0.15) is 22.7 Å². The molecular weight excluding hydrogens is 336 g/mol. The van der Waals surface area contributed by atoms with E-state index in [0.29, 0.717) is 13.2 Å². The van der Waals surface area contributed by atoms with Gasteiger partial charge in [0.05, 0.1) is 25.6 Å². The third-order valence-electron chi connectivity index (χ3n) is 5.12. The zero-order valence-electron chi connectivity index (χ0n) is 14.3. The van der Waals surface area contributed by atoms with Crippen LogP contribution in [-0.4, -0.2) is 43.7 Å². The Kier molecular flexibility index (Phi) is 4.27. The predicted octanol–water partition coefficient (Wildman–Crippen LogP) is 2.40. The Morgan fingerprint density at radius 3 is 2.72 bits per heavy atom. The van der Waals surface area contributed by atoms with Gasteiger partial charge in [0, 0.05) is 13.1 Å². The van der Waals surface area contributed by atoms with Crippen molar-refractivity contribution in [2.75, 3.05) is 26.1 Å². The van der Waals surface area contributed by atoms with Crippen LogP contribution in [-0.2, 0) is 23.0 Å². The third-order valence-corrected chi connectivity index (χ3v) is 6.94. The van der Waals surface area contributed by atoms with E-state index >= 15 is 0 Å². The van der Waals surface area contributed by atoms with Crippen LogP contribution in [0.25, 0.3) is 0 Å². The Hall–Kier alpha value is -1.89. The van der Waals surface area contributed by atoms with Crippen LogP contribution in [0.15, 0.2) is 48.5 Å². The molecule has 2 aromatic rings. The monoisotopic (exact) mass is 358 g/mol. The molecule has 0 saturated carbocycles. The van der Waals surface area contributed by atoms with Gasteiger partial charge in [-0.1, -0.05) is 36.4 Å². The van der Waals surface area contributed by atoms with Gasteiger partial charge in [-0.05, 0) is 35.2 Å². The molecule has 0 spiro atoms. The van der Waals surface area contributed by atoms with E-state index in [0.717, 1.165) is 29.8 Å². The first-order chi connectivity index (χ1) is 12.1. The van der Waals surface area contributed by atoms with E-state index < -0.39 is 10.0 Å². The molecule has 1 atom stereocenters. The highest BCUT2D eigenvalue weighted by molar-refractivity contribution is 7.89. The highest BCUT2D eigenvalue weighted by atomic mass is 32.2. The Bertz CT molecular complexity index is 867. The van der Waals surface area contributed by atoms with E-state index in [1.807, 2.05) is 48.5 Å². The number of hydrogen-bond acceptors (Lipinski definition) is 4. The summed E-state index contributed by atoms with van der Waals surface area (Å²) in [6.07, 6.45) is 0.735. The minimum absolute atomic E-state index is 0.0427. The van der Waals surface area contributed by atoms with E-state index in [9.17, 15) is 8.42 Å². The molecule has 0 bridgehead atoms. The molecule has 0 N–H and O–H groups in total. The summed E-state index contributed by atoms with van der Waals surface area (Å²) in [5.74, 6) is 0.976. The van der Waals surface area contributed by atoms with Crippen molar-refractivity contribution < 1.29 is 13.2 Å². The molecule has 2 heterocycles. The van der Waals surface area contributed by atoms with E-state index in [1.54, 1.807) is 11.4 Å². The van der Waals surface area contributed by atoms with Gasteiger partial charge < -0.3 is 4.74 Å². The maximum atomic E-state index is 12.8. The Balaban J connectivity index is 1.52. The number of methoxy groups -OCH3 is 1. The van der Waals surface area contributed by atoms with Gasteiger partial charge in [-0.15, -0.1) is 0 Å². The van der Waals surface area contributed by atoms with Crippen molar-refractivity contribution in [2.45, 2.75) is 19.0 Å². The van der Waals surface area contributed by atoms with Gasteiger partial charge in [0.25, 0.3) is 0 Å². The average molecular weight is 358 g/mol. The fourth-order valence-electron chi connectivity index (χ4n) is 3.74. The fourth-order valence-corrected chi connectivity index (χ4v) is 5.44. The Labute approximate surface area is 148 Å². The summed E-state index contributed by atoms with van der Waals surface area (Å²) in [5, 5.41) is 0. The largest absolute Gasteiger partial charge is 0.497 e. The van der Waals surface area contributed by atoms with Crippen LogP contribution < -0.4 is 4.74 Å². The van der Waals surface area contributed by atoms with Gasteiger partial charge in [0.2, 0.25) is 10.0 Å². The molecule has 1 saturated heterocycles. The summed E-state index contributed by atoms with van der Waals surface area (Å²) in [6, 6.07) is 15.9. The molecule has 2 aliphatic heterocycles. The number of fused-ring (bicyclic) bond motifs is 3. The maximum absolute atomic E-state index is 12.8. The molecule has 1 unspecified atom stereocenters. The lowest BCUT2D eigenvalue weighted by Crippen LogP contribution is -2.50. The van der Waals surface area contributed by atoms with E-state index in [-0.39, 0.29) is 11.8 Å². The van der Waals surface area contributed by atoms with Crippen LogP contribution in [0.2, 0.25) is 0 Å². The second kappa shape index (κ2) is 6.44. The highest BCUT2D eigenvalue weighted by Gasteiger charge is 2.41. The van der Waals surface area contributed by atoms with Crippen molar-refractivity contribution in [3.05, 3.63) is 65.2 Å². The smallest absolute Gasteiger partial charge is 0.217 e. The van der Waals surface area contributed by atoms with Gasteiger partial charge in [0.1, 0.15) is 5.75 Å². The fraction of sp³-hybridized carbons (Fsp3) is 0.368. The summed E-state index contributed by atoms with van der Waals surface area (Å²) in [4.78, 5) is 2.25. The second-order valence-electron chi connectivity index (χ2n) is 6.66. The summed E-state index contributed by atoms with van der Waals surface area (Å²) in [7, 11) is -1.59. The molecule has 4 rings (SSSR count). The van der Waals surface area contributed by atoms with E-state index in [4.69, 9.17) is 4.74 Å². The number of sulfonamides is 1. The molecule has 2 aliphatic rings. The number of benzene rings is 2. The minimum Gasteiger partial charge on any atom is -0.497 e. The number of ether oxygens (including phenoxy) is 1. The topological polar surface area (TPSA) is 49.9 Å². The summed E-state index contributed by atoms with van der Waals surface area (Å²) in [6.45, 7) is 1.75. The van der Waals surface area contributed by atoms with Gasteiger partial charge >= 0.3 is 0 Å². The van der Waals surface area contributed by atoms with Crippen molar-refractivity contribution in [1.82, 2.24) is 9.21 Å². The van der Waals surface area contributed by atoms with Crippen LogP contribution >= 0.6 is 0 Å². The Morgan fingerprint density at radius 1 is 1.16 bits per heavy atom. The minimum atomic E-state index is -3.25. The maximum Gasteiger partial charge on any atom is 0.217 e. The van der Waals surface area contributed by atoms with E-state index in [2.05, 4.69) is 4.90 Å². The first kappa shape index (κ1) is 16.6. The molecule has 132 valence electrons. The summed E-state index contributed by atoms with van der Waals surface area (Å²) < 4.78 is 32.4. The van der Waals surface area contributed by atoms with Gasteiger partial charge in [-0.3, -0.25) is 4.90 Å². The molecule has 5 nitrogen and oxygen atoms in total. The van der Waals surface area contributed by atoms with Crippen LogP contribution in [0.3, 0.4) is 0 Å². The van der Waals surface area contributed by atoms with Crippen molar-refractivity contribution >= 4 is 10.0 Å². The lowest BCUT2D eigenvalue weighted by molar-refractivity contribution is 0.141. The van der Waals surface area contributed by atoms with Crippen molar-refractivity contribution in [3.8, 4) is 5.75 Å². The predicted molar refractivity (Wildman–Crippen MR) is 96.8 cm³/mol. The molecule has 0 aromatic heterocycles. The number of hydrogen-bond donors (Lipinski definition) is 0. The molecule has 2 aromatic carbocycles. The number of nitrogens with zero attached hydrogens (tertiary/aromatic N) is 2. The molecule has 0 radical (unpaired) electrons. The lowest BCUT2D eigenvalue weighted by Gasteiger charge is -2.37. The average Bonchev–Trinajstić information content (AvgIpc) is 2.96. The number of rotatable bonds is 4. The second-order valence-corrected chi connectivity index (χ2v) is 8.67. The first-order valence-corrected chi connectivity index (χ1v) is 10.1. The standard InChI is InChI=1S/C19H22N2O3S/c1-24-17-7-8-18-16(11-17)12-20-14-21(25(22,23)13-19(18)20)10-9-15-5-3-2-4-6-15/h2-8,11,19H,9-10,12-14H2,1H3. The quantitative estimate of drug-likeness (QED) is 0.842. The Morgan fingerprint density at radius 2 is 1.96 bits per heavy atom. The summed E-state index contributed by atoms with van der Waals surface area (Å²) in [5.41, 5.74) is 3.45. The summed E-state index contributed by atoms with van der Waals surface area (Å²) >= 11 is 0. The van der Waals surface area contributed by atoms with Crippen molar-refractivity contribution in [2.24, 2.45) is 0 Å². The van der Waals surface area contributed by atoms with Gasteiger partial charge in [-0.25, -0.2) is 8.42 Å². The zero-order chi connectivity index (χ0) is 17.4. The molecular formula is C19H22N2O3S. The highest BCUT2D eigenvalue weighted by Crippen LogP contribution is 2.39. The third kappa shape index (κ3) is 3.17. The van der Waals surface area contributed by atoms with E-state index in [1.165, 1.54) is 5.56 Å². The van der Waals surface area contributed by atoms with Crippen molar-refractivity contribution in [3.63, 3.8) is 0 Å². The first-order valence-electron chi connectivity index (χ1n) is 8.49. The molecule has 6 heteroatoms. The van der Waals surface area contributed by atoms with Crippen molar-refractivity contribution in [1.29, 1.82) is 0 Å². The molecule has 25 heavy (non-hydrogen) atoms. The van der Waals surface area contributed by atoms with Crippen LogP contribution in [0, 0.1) is 0 Å².